The molecule has 0 fully saturated rings. The van der Waals surface area contributed by atoms with Crippen LogP contribution in [0.25, 0.3) is 11.3 Å². The van der Waals surface area contributed by atoms with Crippen molar-refractivity contribution in [2.24, 2.45) is 0 Å². The summed E-state index contributed by atoms with van der Waals surface area (Å²) in [7, 11) is -1.06. The Bertz CT molecular complexity index is 1110. The molecule has 2 N–H and O–H groups in total. The molecule has 3 rings (SSSR count). The van der Waals surface area contributed by atoms with Crippen LogP contribution in [0.2, 0.25) is 0 Å². The molecule has 10 heteroatoms. The zero-order chi connectivity index (χ0) is 21.0. The molecule has 29 heavy (non-hydrogen) atoms. The van der Waals surface area contributed by atoms with E-state index in [1.165, 1.54) is 56.6 Å². The molecule has 0 saturated carbocycles. The predicted molar refractivity (Wildman–Crippen MR) is 105 cm³/mol. The number of nitrogens with one attached hydrogen (secondary N) is 2. The van der Waals surface area contributed by atoms with E-state index in [2.05, 4.69) is 15.5 Å². The van der Waals surface area contributed by atoms with E-state index in [1.807, 2.05) is 0 Å². The predicted octanol–water partition coefficient (Wildman–Crippen LogP) is 2.48. The second kappa shape index (κ2) is 8.41. The highest BCUT2D eigenvalue weighted by molar-refractivity contribution is 7.89. The molecule has 0 spiro atoms. The van der Waals surface area contributed by atoms with Crippen LogP contribution in [0.3, 0.4) is 0 Å². The average molecular weight is 418 g/mol. The quantitative estimate of drug-likeness (QED) is 0.613. The first-order valence-corrected chi connectivity index (χ1v) is 9.95. The first-order valence-electron chi connectivity index (χ1n) is 8.51. The van der Waals surface area contributed by atoms with Crippen LogP contribution in [-0.4, -0.2) is 49.5 Å². The van der Waals surface area contributed by atoms with Gasteiger partial charge < -0.3 is 10.1 Å². The summed E-state index contributed by atoms with van der Waals surface area (Å²) in [5.74, 6) is -0.239. The number of hydrogen-bond donors (Lipinski definition) is 2. The molecule has 2 aromatic carbocycles. The van der Waals surface area contributed by atoms with Crippen molar-refractivity contribution in [3.05, 3.63) is 60.4 Å². The number of H-pyrrole nitrogens is 1. The van der Waals surface area contributed by atoms with Gasteiger partial charge in [0.1, 0.15) is 11.6 Å². The number of hydrogen-bond acceptors (Lipinski definition) is 5. The second-order valence-corrected chi connectivity index (χ2v) is 8.21. The van der Waals surface area contributed by atoms with E-state index < -0.39 is 28.3 Å². The number of anilines is 1. The third kappa shape index (κ3) is 4.79. The Kier molecular flexibility index (Phi) is 5.95. The van der Waals surface area contributed by atoms with Gasteiger partial charge in [-0.1, -0.05) is 12.1 Å². The van der Waals surface area contributed by atoms with Gasteiger partial charge in [-0.15, -0.1) is 0 Å². The minimum Gasteiger partial charge on any atom is -0.497 e. The van der Waals surface area contributed by atoms with Gasteiger partial charge in [-0.2, -0.15) is 9.40 Å². The highest BCUT2D eigenvalue weighted by Crippen LogP contribution is 2.21. The first-order chi connectivity index (χ1) is 13.8. The Morgan fingerprint density at radius 2 is 1.93 bits per heavy atom. The van der Waals surface area contributed by atoms with Gasteiger partial charge in [0.05, 0.1) is 24.2 Å². The molecule has 0 atom stereocenters. The number of carbonyl (C=O) groups excluding carboxylic acids is 1. The summed E-state index contributed by atoms with van der Waals surface area (Å²) in [6, 6.07) is 13.3. The molecule has 1 amide bonds. The lowest BCUT2D eigenvalue weighted by Gasteiger charge is -2.16. The van der Waals surface area contributed by atoms with Crippen molar-refractivity contribution in [2.45, 2.75) is 4.90 Å². The number of aromatic amines is 1. The van der Waals surface area contributed by atoms with Crippen LogP contribution >= 0.6 is 0 Å². The Morgan fingerprint density at radius 1 is 1.21 bits per heavy atom. The van der Waals surface area contributed by atoms with E-state index in [0.717, 1.165) is 4.31 Å². The van der Waals surface area contributed by atoms with Gasteiger partial charge in [-0.25, -0.2) is 12.8 Å². The molecule has 8 nitrogen and oxygen atoms in total. The van der Waals surface area contributed by atoms with Gasteiger partial charge in [-0.05, 0) is 36.4 Å². The molecule has 1 heterocycles. The highest BCUT2D eigenvalue weighted by atomic mass is 32.2. The summed E-state index contributed by atoms with van der Waals surface area (Å²) in [5, 5.41) is 9.17. The fourth-order valence-electron chi connectivity index (χ4n) is 2.59. The maximum Gasteiger partial charge on any atom is 0.243 e. The van der Waals surface area contributed by atoms with Crippen LogP contribution in [0.4, 0.5) is 10.2 Å². The normalized spacial score (nSPS) is 11.4. The second-order valence-electron chi connectivity index (χ2n) is 6.16. The van der Waals surface area contributed by atoms with Crippen molar-refractivity contribution in [3.63, 3.8) is 0 Å². The standard InChI is InChI=1S/C19H19FN4O4S/c1-24(29(26,27)16-8-6-15(28-2)7-9-16)12-19(25)21-18-11-17(22-23-18)13-4-3-5-14(20)10-13/h3-11H,12H2,1-2H3,(H2,21,22,23,25). The number of sulfonamides is 1. The zero-order valence-electron chi connectivity index (χ0n) is 15.7. The van der Waals surface area contributed by atoms with Crippen molar-refractivity contribution in [1.29, 1.82) is 0 Å². The van der Waals surface area contributed by atoms with Crippen LogP contribution in [0.15, 0.2) is 59.5 Å². The lowest BCUT2D eigenvalue weighted by atomic mass is 10.1. The van der Waals surface area contributed by atoms with Gasteiger partial charge in [0.25, 0.3) is 0 Å². The van der Waals surface area contributed by atoms with Gasteiger partial charge in [-0.3, -0.25) is 9.89 Å². The molecule has 152 valence electrons. The number of likely N-dealkylation sites (N-methyl/N-ethyl adjacent to an activating group) is 1. The molecule has 0 aliphatic carbocycles. The summed E-state index contributed by atoms with van der Waals surface area (Å²) in [4.78, 5) is 12.3. The van der Waals surface area contributed by atoms with Gasteiger partial charge in [0.2, 0.25) is 15.9 Å². The number of nitrogens with zero attached hydrogens (tertiary/aromatic N) is 2. The number of methoxy groups -OCH3 is 1. The molecule has 0 unspecified atom stereocenters. The molecular weight excluding hydrogens is 399 g/mol. The number of benzene rings is 2. The van der Waals surface area contributed by atoms with Crippen molar-refractivity contribution in [1.82, 2.24) is 14.5 Å². The third-order valence-corrected chi connectivity index (χ3v) is 5.93. The Morgan fingerprint density at radius 3 is 2.59 bits per heavy atom. The van der Waals surface area contributed by atoms with Crippen LogP contribution in [0.1, 0.15) is 0 Å². The van der Waals surface area contributed by atoms with Gasteiger partial charge >= 0.3 is 0 Å². The molecular formula is C19H19FN4O4S. The third-order valence-electron chi connectivity index (χ3n) is 4.11. The summed E-state index contributed by atoms with van der Waals surface area (Å²) >= 11 is 0. The first kappa shape index (κ1) is 20.5. The maximum absolute atomic E-state index is 13.3. The number of ether oxygens (including phenoxy) is 1. The van der Waals surface area contributed by atoms with Crippen LogP contribution in [0, 0.1) is 5.82 Å². The van der Waals surface area contributed by atoms with E-state index >= 15 is 0 Å². The van der Waals surface area contributed by atoms with E-state index in [0.29, 0.717) is 17.0 Å². The molecule has 0 aliphatic rings. The van der Waals surface area contributed by atoms with Crippen LogP contribution in [-0.2, 0) is 14.8 Å². The number of rotatable bonds is 7. The zero-order valence-corrected chi connectivity index (χ0v) is 16.5. The van der Waals surface area contributed by atoms with Gasteiger partial charge in [0.15, 0.2) is 5.82 Å². The topological polar surface area (TPSA) is 104 Å². The molecule has 0 aliphatic heterocycles. The van der Waals surface area contributed by atoms with E-state index in [-0.39, 0.29) is 10.7 Å². The lowest BCUT2D eigenvalue weighted by molar-refractivity contribution is -0.116. The average Bonchev–Trinajstić information content (AvgIpc) is 3.16. The summed E-state index contributed by atoms with van der Waals surface area (Å²) in [6.45, 7) is -0.406. The Hall–Kier alpha value is -3.24. The molecule has 0 radical (unpaired) electrons. The number of amides is 1. The molecule has 0 bridgehead atoms. The van der Waals surface area contributed by atoms with Crippen molar-refractivity contribution < 1.29 is 22.3 Å². The lowest BCUT2D eigenvalue weighted by Crippen LogP contribution is -2.35. The largest absolute Gasteiger partial charge is 0.497 e. The Balaban J connectivity index is 1.65. The summed E-state index contributed by atoms with van der Waals surface area (Å²) in [6.07, 6.45) is 0. The minimum atomic E-state index is -3.85. The molecule has 3 aromatic rings. The fraction of sp³-hybridized carbons (Fsp3) is 0.158. The van der Waals surface area contributed by atoms with E-state index in [1.54, 1.807) is 12.1 Å². The number of aromatic nitrogens is 2. The van der Waals surface area contributed by atoms with Crippen molar-refractivity contribution in [3.8, 4) is 17.0 Å². The fourth-order valence-corrected chi connectivity index (χ4v) is 3.71. The molecule has 1 aromatic heterocycles. The maximum atomic E-state index is 13.3. The Labute approximate surface area is 167 Å². The summed E-state index contributed by atoms with van der Waals surface area (Å²) < 4.78 is 44.5. The van der Waals surface area contributed by atoms with Crippen molar-refractivity contribution in [2.75, 3.05) is 26.0 Å². The number of carbonyl (C=O) groups is 1. The smallest absolute Gasteiger partial charge is 0.243 e. The highest BCUT2D eigenvalue weighted by Gasteiger charge is 2.23. The monoisotopic (exact) mass is 418 g/mol. The van der Waals surface area contributed by atoms with E-state index in [9.17, 15) is 17.6 Å². The summed E-state index contributed by atoms with van der Waals surface area (Å²) in [5.41, 5.74) is 1.08. The molecule has 0 saturated heterocycles. The van der Waals surface area contributed by atoms with E-state index in [4.69, 9.17) is 4.74 Å². The SMILES string of the molecule is COc1ccc(S(=O)(=O)N(C)CC(=O)Nc2cc(-c3cccc(F)c3)[nH]n2)cc1. The van der Waals surface area contributed by atoms with Crippen LogP contribution in [0.5, 0.6) is 5.75 Å². The van der Waals surface area contributed by atoms with Crippen LogP contribution < -0.4 is 10.1 Å². The minimum absolute atomic E-state index is 0.0433. The number of halogens is 1. The van der Waals surface area contributed by atoms with Crippen molar-refractivity contribution >= 4 is 21.7 Å². The van der Waals surface area contributed by atoms with Gasteiger partial charge in [0, 0.05) is 18.7 Å².